The topological polar surface area (TPSA) is 81.5 Å². The van der Waals surface area contributed by atoms with Crippen LogP contribution in [0.4, 0.5) is 5.69 Å². The molecule has 1 aromatic carbocycles. The van der Waals surface area contributed by atoms with Crippen LogP contribution < -0.4 is 11.5 Å². The predicted octanol–water partition coefficient (Wildman–Crippen LogP) is 1.79. The molecule has 0 saturated heterocycles. The van der Waals surface area contributed by atoms with Gasteiger partial charge in [0.2, 0.25) is 0 Å². The Hall–Kier alpha value is -1.68. The van der Waals surface area contributed by atoms with Crippen molar-refractivity contribution in [3.05, 3.63) is 29.8 Å². The number of Topliss-reactive ketones (excluding diaryl/α,β-unsaturated/α-hetero) is 1. The van der Waals surface area contributed by atoms with Gasteiger partial charge in [0.15, 0.2) is 5.78 Å². The Balaban J connectivity index is 2.69. The fraction of sp³-hybridized carbons (Fsp3) is 0.429. The first kappa shape index (κ1) is 14.4. The minimum Gasteiger partial charge on any atom is -0.387 e. The number of rotatable bonds is 5. The summed E-state index contributed by atoms with van der Waals surface area (Å²) in [6.45, 7) is 5.47. The summed E-state index contributed by atoms with van der Waals surface area (Å²) in [5, 5.41) is 0. The third-order valence-electron chi connectivity index (χ3n) is 2.63. The SMILES string of the molecule is CC(N)=Nc1ccc(CC(N)C(=O)C(C)C)cc1. The molecular formula is C14H21N3O. The van der Waals surface area contributed by atoms with Crippen LogP contribution in [0.25, 0.3) is 0 Å². The van der Waals surface area contributed by atoms with Crippen molar-refractivity contribution in [1.82, 2.24) is 0 Å². The second kappa shape index (κ2) is 6.31. The summed E-state index contributed by atoms with van der Waals surface area (Å²) in [5.41, 5.74) is 13.2. The van der Waals surface area contributed by atoms with Crippen molar-refractivity contribution in [3.8, 4) is 0 Å². The predicted molar refractivity (Wildman–Crippen MR) is 74.9 cm³/mol. The molecule has 1 aromatic rings. The number of carbonyl (C=O) groups excluding carboxylic acids is 1. The van der Waals surface area contributed by atoms with E-state index in [-0.39, 0.29) is 11.7 Å². The maximum absolute atomic E-state index is 11.7. The van der Waals surface area contributed by atoms with Gasteiger partial charge in [-0.05, 0) is 31.0 Å². The van der Waals surface area contributed by atoms with Crippen molar-refractivity contribution in [3.63, 3.8) is 0 Å². The van der Waals surface area contributed by atoms with E-state index in [1.54, 1.807) is 6.92 Å². The highest BCUT2D eigenvalue weighted by atomic mass is 16.1. The van der Waals surface area contributed by atoms with Gasteiger partial charge >= 0.3 is 0 Å². The molecule has 0 bridgehead atoms. The number of hydrogen-bond acceptors (Lipinski definition) is 3. The second-order valence-corrected chi connectivity index (χ2v) is 4.79. The molecule has 4 heteroatoms. The molecule has 4 nitrogen and oxygen atoms in total. The van der Waals surface area contributed by atoms with Gasteiger partial charge in [-0.25, -0.2) is 4.99 Å². The van der Waals surface area contributed by atoms with Crippen LogP contribution in [0.2, 0.25) is 0 Å². The van der Waals surface area contributed by atoms with E-state index in [4.69, 9.17) is 11.5 Å². The van der Waals surface area contributed by atoms with E-state index in [1.807, 2.05) is 38.1 Å². The standard InChI is InChI=1S/C14H21N3O/c1-9(2)14(18)13(16)8-11-4-6-12(7-5-11)17-10(3)15/h4-7,9,13H,8,16H2,1-3H3,(H2,15,17). The van der Waals surface area contributed by atoms with Crippen molar-refractivity contribution < 1.29 is 4.79 Å². The largest absolute Gasteiger partial charge is 0.387 e. The van der Waals surface area contributed by atoms with Gasteiger partial charge in [0.05, 0.1) is 17.6 Å². The zero-order valence-corrected chi connectivity index (χ0v) is 11.2. The minimum absolute atomic E-state index is 0.0243. The summed E-state index contributed by atoms with van der Waals surface area (Å²) >= 11 is 0. The molecule has 0 radical (unpaired) electrons. The molecule has 18 heavy (non-hydrogen) atoms. The lowest BCUT2D eigenvalue weighted by atomic mass is 9.96. The van der Waals surface area contributed by atoms with Crippen LogP contribution in [-0.2, 0) is 11.2 Å². The number of nitrogens with zero attached hydrogens (tertiary/aromatic N) is 1. The lowest BCUT2D eigenvalue weighted by molar-refractivity contribution is -0.123. The van der Waals surface area contributed by atoms with E-state index in [0.717, 1.165) is 11.3 Å². The molecule has 1 atom stereocenters. The van der Waals surface area contributed by atoms with E-state index in [9.17, 15) is 4.79 Å². The first-order valence-corrected chi connectivity index (χ1v) is 6.09. The lowest BCUT2D eigenvalue weighted by Crippen LogP contribution is -2.35. The summed E-state index contributed by atoms with van der Waals surface area (Å²) in [6, 6.07) is 7.16. The molecule has 0 aromatic heterocycles. The summed E-state index contributed by atoms with van der Waals surface area (Å²) in [4.78, 5) is 15.8. The molecule has 1 rings (SSSR count). The average Bonchev–Trinajstić information content (AvgIpc) is 2.29. The zero-order chi connectivity index (χ0) is 13.7. The minimum atomic E-state index is -0.435. The van der Waals surface area contributed by atoms with Gasteiger partial charge in [0.1, 0.15) is 0 Å². The molecule has 4 N–H and O–H groups in total. The summed E-state index contributed by atoms with van der Waals surface area (Å²) in [7, 11) is 0. The molecular weight excluding hydrogens is 226 g/mol. The van der Waals surface area contributed by atoms with Crippen LogP contribution in [0.5, 0.6) is 0 Å². The molecule has 1 unspecified atom stereocenters. The number of aliphatic imine (C=N–C) groups is 1. The van der Waals surface area contributed by atoms with Crippen LogP contribution in [0.3, 0.4) is 0 Å². The zero-order valence-electron chi connectivity index (χ0n) is 11.2. The number of carbonyl (C=O) groups is 1. The van der Waals surface area contributed by atoms with Crippen LogP contribution in [0.1, 0.15) is 26.3 Å². The highest BCUT2D eigenvalue weighted by Gasteiger charge is 2.17. The Morgan fingerprint density at radius 1 is 1.28 bits per heavy atom. The first-order valence-electron chi connectivity index (χ1n) is 6.09. The van der Waals surface area contributed by atoms with Crippen molar-refractivity contribution in [2.75, 3.05) is 0 Å². The Morgan fingerprint density at radius 2 is 1.83 bits per heavy atom. The normalized spacial score (nSPS) is 13.7. The van der Waals surface area contributed by atoms with Gasteiger partial charge in [-0.15, -0.1) is 0 Å². The fourth-order valence-electron chi connectivity index (χ4n) is 1.69. The van der Waals surface area contributed by atoms with Crippen LogP contribution in [0.15, 0.2) is 29.3 Å². The van der Waals surface area contributed by atoms with Crippen LogP contribution in [0, 0.1) is 5.92 Å². The Labute approximate surface area is 108 Å². The third kappa shape index (κ3) is 4.30. The summed E-state index contributed by atoms with van der Waals surface area (Å²) in [6.07, 6.45) is 0.558. The van der Waals surface area contributed by atoms with Crippen molar-refractivity contribution in [1.29, 1.82) is 0 Å². The lowest BCUT2D eigenvalue weighted by Gasteiger charge is -2.13. The third-order valence-corrected chi connectivity index (χ3v) is 2.63. The number of hydrogen-bond donors (Lipinski definition) is 2. The summed E-state index contributed by atoms with van der Waals surface area (Å²) in [5.74, 6) is 0.591. The molecule has 0 saturated carbocycles. The quantitative estimate of drug-likeness (QED) is 0.614. The highest BCUT2D eigenvalue weighted by molar-refractivity contribution is 5.85. The molecule has 0 heterocycles. The fourth-order valence-corrected chi connectivity index (χ4v) is 1.69. The molecule has 0 aliphatic heterocycles. The second-order valence-electron chi connectivity index (χ2n) is 4.79. The Morgan fingerprint density at radius 3 is 2.28 bits per heavy atom. The molecule has 98 valence electrons. The van der Waals surface area contributed by atoms with Crippen molar-refractivity contribution in [2.45, 2.75) is 33.2 Å². The summed E-state index contributed by atoms with van der Waals surface area (Å²) < 4.78 is 0. The molecule has 0 spiro atoms. The smallest absolute Gasteiger partial charge is 0.152 e. The van der Waals surface area contributed by atoms with Gasteiger partial charge in [0, 0.05) is 5.92 Å². The molecule has 0 aliphatic rings. The Kier molecular flexibility index (Phi) is 5.04. The number of benzene rings is 1. The molecule has 0 fully saturated rings. The van der Waals surface area contributed by atoms with Gasteiger partial charge < -0.3 is 11.5 Å². The van der Waals surface area contributed by atoms with E-state index < -0.39 is 6.04 Å². The average molecular weight is 247 g/mol. The molecule has 0 amide bonds. The van der Waals surface area contributed by atoms with Crippen LogP contribution in [-0.4, -0.2) is 17.7 Å². The van der Waals surface area contributed by atoms with E-state index in [1.165, 1.54) is 0 Å². The monoisotopic (exact) mass is 247 g/mol. The van der Waals surface area contributed by atoms with E-state index >= 15 is 0 Å². The van der Waals surface area contributed by atoms with Gasteiger partial charge in [-0.2, -0.15) is 0 Å². The first-order chi connectivity index (χ1) is 8.40. The maximum atomic E-state index is 11.7. The Bertz CT molecular complexity index is 431. The number of ketones is 1. The van der Waals surface area contributed by atoms with Crippen molar-refractivity contribution in [2.24, 2.45) is 22.4 Å². The molecule has 0 aliphatic carbocycles. The van der Waals surface area contributed by atoms with E-state index in [2.05, 4.69) is 4.99 Å². The van der Waals surface area contributed by atoms with Crippen molar-refractivity contribution >= 4 is 17.3 Å². The number of amidine groups is 1. The van der Waals surface area contributed by atoms with Gasteiger partial charge in [-0.3, -0.25) is 4.79 Å². The highest BCUT2D eigenvalue weighted by Crippen LogP contribution is 2.14. The van der Waals surface area contributed by atoms with E-state index in [0.29, 0.717) is 12.3 Å². The maximum Gasteiger partial charge on any atom is 0.152 e. The van der Waals surface area contributed by atoms with Gasteiger partial charge in [0.25, 0.3) is 0 Å². The van der Waals surface area contributed by atoms with Gasteiger partial charge in [-0.1, -0.05) is 26.0 Å². The number of nitrogens with two attached hydrogens (primary N) is 2. The van der Waals surface area contributed by atoms with Crippen LogP contribution >= 0.6 is 0 Å².